The smallest absolute Gasteiger partial charge is 0.234 e. The van der Waals surface area contributed by atoms with Gasteiger partial charge in [0, 0.05) is 10.3 Å². The Bertz CT molecular complexity index is 970. The number of hydrogen-bond acceptors (Lipinski definition) is 5. The van der Waals surface area contributed by atoms with Gasteiger partial charge in [0.25, 0.3) is 0 Å². The van der Waals surface area contributed by atoms with Crippen LogP contribution in [0.3, 0.4) is 0 Å². The highest BCUT2D eigenvalue weighted by atomic mass is 35.5. The van der Waals surface area contributed by atoms with Crippen molar-refractivity contribution in [2.24, 2.45) is 0 Å². The topological polar surface area (TPSA) is 54.9 Å². The fraction of sp³-hybridized carbons (Fsp3) is 0.278. The van der Waals surface area contributed by atoms with Crippen molar-refractivity contribution in [3.05, 3.63) is 45.6 Å². The van der Waals surface area contributed by atoms with E-state index in [1.165, 1.54) is 28.6 Å². The van der Waals surface area contributed by atoms with Gasteiger partial charge in [-0.3, -0.25) is 4.79 Å². The SMILES string of the molecule is Cc1nc(SCC(=O)Nc2ccccc2Cl)c2c3c(sc2n1)CCC3. The quantitative estimate of drug-likeness (QED) is 0.510. The number of thioether (sulfide) groups is 1. The number of nitrogens with zero attached hydrogens (tertiary/aromatic N) is 2. The van der Waals surface area contributed by atoms with E-state index in [0.717, 1.165) is 33.9 Å². The van der Waals surface area contributed by atoms with Crippen LogP contribution in [0.25, 0.3) is 10.2 Å². The van der Waals surface area contributed by atoms with Crippen molar-refractivity contribution in [1.29, 1.82) is 0 Å². The van der Waals surface area contributed by atoms with Crippen molar-refractivity contribution in [2.45, 2.75) is 31.2 Å². The van der Waals surface area contributed by atoms with Gasteiger partial charge in [0.15, 0.2) is 0 Å². The third kappa shape index (κ3) is 3.38. The number of para-hydroxylation sites is 1. The lowest BCUT2D eigenvalue weighted by atomic mass is 10.2. The Labute approximate surface area is 159 Å². The minimum atomic E-state index is -0.0885. The van der Waals surface area contributed by atoms with Gasteiger partial charge in [0.1, 0.15) is 15.7 Å². The van der Waals surface area contributed by atoms with Crippen molar-refractivity contribution < 1.29 is 4.79 Å². The molecule has 0 bridgehead atoms. The third-order valence-corrected chi connectivity index (χ3v) is 6.62. The van der Waals surface area contributed by atoms with Crippen LogP contribution in [0.2, 0.25) is 5.02 Å². The summed E-state index contributed by atoms with van der Waals surface area (Å²) in [6.45, 7) is 1.90. The Morgan fingerprint density at radius 2 is 2.16 bits per heavy atom. The number of aryl methyl sites for hydroxylation is 3. The summed E-state index contributed by atoms with van der Waals surface area (Å²) in [5.41, 5.74) is 2.02. The number of halogens is 1. The van der Waals surface area contributed by atoms with Gasteiger partial charge in [-0.05, 0) is 43.9 Å². The first-order valence-electron chi connectivity index (χ1n) is 8.08. The van der Waals surface area contributed by atoms with Gasteiger partial charge in [-0.25, -0.2) is 9.97 Å². The minimum Gasteiger partial charge on any atom is -0.324 e. The molecule has 1 N–H and O–H groups in total. The van der Waals surface area contributed by atoms with Crippen LogP contribution in [0.4, 0.5) is 5.69 Å². The van der Waals surface area contributed by atoms with Crippen LogP contribution in [0, 0.1) is 6.92 Å². The first-order valence-corrected chi connectivity index (χ1v) is 10.3. The number of aromatic nitrogens is 2. The van der Waals surface area contributed by atoms with Crippen LogP contribution in [0.15, 0.2) is 29.3 Å². The number of fused-ring (bicyclic) bond motifs is 3. The van der Waals surface area contributed by atoms with Crippen molar-refractivity contribution in [1.82, 2.24) is 9.97 Å². The molecule has 0 saturated heterocycles. The third-order valence-electron chi connectivity index (χ3n) is 4.13. The second kappa shape index (κ2) is 6.94. The molecule has 7 heteroatoms. The number of carbonyl (C=O) groups excluding carboxylic acids is 1. The fourth-order valence-corrected chi connectivity index (χ4v) is 5.51. The van der Waals surface area contributed by atoms with E-state index in [9.17, 15) is 4.79 Å². The van der Waals surface area contributed by atoms with E-state index in [-0.39, 0.29) is 5.91 Å². The maximum Gasteiger partial charge on any atom is 0.234 e. The van der Waals surface area contributed by atoms with Crippen LogP contribution < -0.4 is 5.32 Å². The van der Waals surface area contributed by atoms with Crippen LogP contribution in [-0.2, 0) is 17.6 Å². The Balaban J connectivity index is 1.55. The van der Waals surface area contributed by atoms with Crippen LogP contribution in [-0.4, -0.2) is 21.6 Å². The van der Waals surface area contributed by atoms with E-state index in [1.54, 1.807) is 23.5 Å². The molecule has 1 aliphatic rings. The van der Waals surface area contributed by atoms with Crippen LogP contribution in [0.5, 0.6) is 0 Å². The van der Waals surface area contributed by atoms with Gasteiger partial charge in [-0.1, -0.05) is 35.5 Å². The molecule has 0 radical (unpaired) electrons. The summed E-state index contributed by atoms with van der Waals surface area (Å²) in [5, 5.41) is 5.46. The maximum absolute atomic E-state index is 12.3. The number of thiophene rings is 1. The Hall–Kier alpha value is -1.63. The molecule has 2 aromatic heterocycles. The molecule has 1 aliphatic carbocycles. The van der Waals surface area contributed by atoms with Crippen molar-refractivity contribution >= 4 is 56.5 Å². The summed E-state index contributed by atoms with van der Waals surface area (Å²) >= 11 is 9.33. The highest BCUT2D eigenvalue weighted by molar-refractivity contribution is 8.00. The summed E-state index contributed by atoms with van der Waals surface area (Å²) in [5.74, 6) is 0.956. The second-order valence-corrected chi connectivity index (χ2v) is 8.39. The van der Waals surface area contributed by atoms with Gasteiger partial charge in [0.2, 0.25) is 5.91 Å². The predicted molar refractivity (Wildman–Crippen MR) is 105 cm³/mol. The first-order chi connectivity index (χ1) is 12.1. The van der Waals surface area contributed by atoms with Crippen molar-refractivity contribution in [3.8, 4) is 0 Å². The van der Waals surface area contributed by atoms with E-state index in [2.05, 4.69) is 15.3 Å². The number of amides is 1. The van der Waals surface area contributed by atoms with Gasteiger partial charge >= 0.3 is 0 Å². The van der Waals surface area contributed by atoms with Gasteiger partial charge in [-0.2, -0.15) is 0 Å². The normalized spacial score (nSPS) is 13.2. The summed E-state index contributed by atoms with van der Waals surface area (Å²) in [4.78, 5) is 24.0. The van der Waals surface area contributed by atoms with Crippen LogP contribution >= 0.6 is 34.7 Å². The molecule has 0 atom stereocenters. The zero-order valence-corrected chi connectivity index (χ0v) is 16.0. The lowest BCUT2D eigenvalue weighted by Gasteiger charge is -2.08. The molecule has 0 saturated carbocycles. The highest BCUT2D eigenvalue weighted by Crippen LogP contribution is 2.40. The second-order valence-electron chi connectivity index (χ2n) is 5.93. The van der Waals surface area contributed by atoms with Gasteiger partial charge < -0.3 is 5.32 Å². The zero-order valence-electron chi connectivity index (χ0n) is 13.6. The molecule has 128 valence electrons. The molecule has 4 rings (SSSR count). The van der Waals surface area contributed by atoms with E-state index >= 15 is 0 Å². The largest absolute Gasteiger partial charge is 0.324 e. The molecule has 25 heavy (non-hydrogen) atoms. The molecule has 0 aliphatic heterocycles. The number of carbonyl (C=O) groups is 1. The molecule has 3 aromatic rings. The first kappa shape index (κ1) is 16.8. The number of nitrogens with one attached hydrogen (secondary N) is 1. The zero-order chi connectivity index (χ0) is 17.4. The molecule has 1 aromatic carbocycles. The molecule has 4 nitrogen and oxygen atoms in total. The summed E-state index contributed by atoms with van der Waals surface area (Å²) in [6, 6.07) is 7.24. The molecule has 0 fully saturated rings. The average Bonchev–Trinajstić information content (AvgIpc) is 3.15. The molecular weight excluding hydrogens is 374 g/mol. The van der Waals surface area contributed by atoms with Gasteiger partial charge in [-0.15, -0.1) is 11.3 Å². The number of benzene rings is 1. The van der Waals surface area contributed by atoms with Crippen molar-refractivity contribution in [2.75, 3.05) is 11.1 Å². The Kier molecular flexibility index (Phi) is 4.67. The standard InChI is InChI=1S/C18H16ClN3OS2/c1-10-20-17(16-11-5-4-8-14(11)25-18(16)21-10)24-9-15(23)22-13-7-3-2-6-12(13)19/h2-3,6-7H,4-5,8-9H2,1H3,(H,22,23). The highest BCUT2D eigenvalue weighted by Gasteiger charge is 2.22. The van der Waals surface area contributed by atoms with Gasteiger partial charge in [0.05, 0.1) is 16.5 Å². The summed E-state index contributed by atoms with van der Waals surface area (Å²) in [6.07, 6.45) is 3.41. The van der Waals surface area contributed by atoms with E-state index < -0.39 is 0 Å². The van der Waals surface area contributed by atoms with E-state index in [4.69, 9.17) is 11.6 Å². The Morgan fingerprint density at radius 1 is 1.32 bits per heavy atom. The average molecular weight is 390 g/mol. The predicted octanol–water partition coefficient (Wildman–Crippen LogP) is 4.87. The van der Waals surface area contributed by atoms with E-state index in [1.807, 2.05) is 19.1 Å². The fourth-order valence-electron chi connectivity index (χ4n) is 3.05. The monoisotopic (exact) mass is 389 g/mol. The lowest BCUT2D eigenvalue weighted by molar-refractivity contribution is -0.113. The van der Waals surface area contributed by atoms with Crippen molar-refractivity contribution in [3.63, 3.8) is 0 Å². The summed E-state index contributed by atoms with van der Waals surface area (Å²) in [7, 11) is 0. The van der Waals surface area contributed by atoms with E-state index in [0.29, 0.717) is 16.5 Å². The number of anilines is 1. The molecule has 0 spiro atoms. The summed E-state index contributed by atoms with van der Waals surface area (Å²) < 4.78 is 0. The number of hydrogen-bond donors (Lipinski definition) is 1. The molecule has 0 unspecified atom stereocenters. The minimum absolute atomic E-state index is 0.0885. The molecular formula is C18H16ClN3OS2. The lowest BCUT2D eigenvalue weighted by Crippen LogP contribution is -2.14. The molecule has 2 heterocycles. The Morgan fingerprint density at radius 3 is 3.00 bits per heavy atom. The number of rotatable bonds is 4. The maximum atomic E-state index is 12.3. The molecule has 1 amide bonds. The van der Waals surface area contributed by atoms with Crippen LogP contribution in [0.1, 0.15) is 22.7 Å².